The Bertz CT molecular complexity index is 1390. The number of carbonyl (C=O) groups is 3. The molecule has 3 heterocycles. The zero-order chi connectivity index (χ0) is 31.6. The van der Waals surface area contributed by atoms with E-state index >= 15 is 0 Å². The molecule has 3 fully saturated rings. The van der Waals surface area contributed by atoms with Gasteiger partial charge in [0.05, 0.1) is 36.3 Å². The Kier molecular flexibility index (Phi) is 9.92. The Morgan fingerprint density at radius 2 is 1.82 bits per heavy atom. The topological polar surface area (TPSA) is 90.4 Å². The highest BCUT2D eigenvalue weighted by Crippen LogP contribution is 2.68. The van der Waals surface area contributed by atoms with E-state index in [1.54, 1.807) is 57.9 Å². The normalized spacial score (nSPS) is 27.5. The molecule has 44 heavy (non-hydrogen) atoms. The van der Waals surface area contributed by atoms with Gasteiger partial charge >= 0.3 is 0 Å². The molecule has 2 bridgehead atoms. The van der Waals surface area contributed by atoms with E-state index in [0.29, 0.717) is 37.4 Å². The lowest BCUT2D eigenvalue weighted by Gasteiger charge is -2.40. The van der Waals surface area contributed by atoms with Crippen molar-refractivity contribution < 1.29 is 24.2 Å². The molecule has 2 aromatic carbocycles. The summed E-state index contributed by atoms with van der Waals surface area (Å²) in [7, 11) is 1.58. The number of halogens is 1. The molecule has 1 spiro atoms. The molecule has 3 aliphatic heterocycles. The van der Waals surface area contributed by atoms with E-state index < -0.39 is 28.7 Å². The number of ether oxygens (including phenoxy) is 1. The predicted molar refractivity (Wildman–Crippen MR) is 178 cm³/mol. The van der Waals surface area contributed by atoms with Crippen molar-refractivity contribution in [1.29, 1.82) is 0 Å². The van der Waals surface area contributed by atoms with Gasteiger partial charge in [-0.2, -0.15) is 0 Å². The number of rotatable bonds is 13. The number of carbonyl (C=O) groups excluding carboxylic acids is 3. The van der Waals surface area contributed by atoms with Crippen molar-refractivity contribution in [2.24, 2.45) is 11.8 Å². The Morgan fingerprint density at radius 3 is 2.41 bits per heavy atom. The standard InChI is InChI=1S/C34H40BrN3O5S/c1-5-17-36(20-22-11-9-8-10-12-22)31(40)27-28-32(41)38(23(7-3)21-39)30(34(28)19-26(35)29(27)44-34)33(42)37(18-6-2)24-13-15-25(43-4)16-14-24/h5-6,8-16,23,26-30,39H,1-2,7,17-21H2,3-4H3/t23-,26?,27-,28-,29-,30?,34?/m0/s1. The maximum atomic E-state index is 14.8. The van der Waals surface area contributed by atoms with Crippen LogP contribution in [0.4, 0.5) is 5.69 Å². The van der Waals surface area contributed by atoms with Gasteiger partial charge in [-0.1, -0.05) is 65.3 Å². The van der Waals surface area contributed by atoms with E-state index in [0.717, 1.165) is 5.56 Å². The second-order valence-corrected chi connectivity index (χ2v) is 14.3. The number of methoxy groups -OCH3 is 1. The van der Waals surface area contributed by atoms with Crippen molar-refractivity contribution in [2.75, 3.05) is 31.7 Å². The summed E-state index contributed by atoms with van der Waals surface area (Å²) >= 11 is 5.46. The molecule has 3 amide bonds. The van der Waals surface area contributed by atoms with Crippen LogP contribution in [0.5, 0.6) is 5.75 Å². The van der Waals surface area contributed by atoms with Gasteiger partial charge in [0.25, 0.3) is 5.91 Å². The summed E-state index contributed by atoms with van der Waals surface area (Å²) in [5, 5.41) is 10.3. The molecule has 2 aromatic rings. The van der Waals surface area contributed by atoms with Gasteiger partial charge in [0.1, 0.15) is 11.8 Å². The van der Waals surface area contributed by atoms with E-state index in [4.69, 9.17) is 4.74 Å². The average molecular weight is 683 g/mol. The third-order valence-electron chi connectivity index (χ3n) is 9.16. The molecular formula is C34H40BrN3O5S. The molecule has 0 saturated carbocycles. The number of aliphatic hydroxyl groups excluding tert-OH is 1. The highest BCUT2D eigenvalue weighted by atomic mass is 79.9. The smallest absolute Gasteiger partial charge is 0.251 e. The minimum Gasteiger partial charge on any atom is -0.497 e. The van der Waals surface area contributed by atoms with Gasteiger partial charge in [0.15, 0.2) is 0 Å². The van der Waals surface area contributed by atoms with Gasteiger partial charge in [0.2, 0.25) is 11.8 Å². The maximum absolute atomic E-state index is 14.8. The lowest BCUT2D eigenvalue weighted by atomic mass is 9.70. The lowest BCUT2D eigenvalue weighted by Crippen LogP contribution is -2.58. The van der Waals surface area contributed by atoms with Crippen LogP contribution in [0.25, 0.3) is 0 Å². The van der Waals surface area contributed by atoms with E-state index in [1.807, 2.05) is 49.4 Å². The molecule has 7 atom stereocenters. The molecule has 3 aliphatic rings. The molecule has 3 saturated heterocycles. The fourth-order valence-electron chi connectivity index (χ4n) is 7.20. The molecule has 5 rings (SSSR count). The summed E-state index contributed by atoms with van der Waals surface area (Å²) in [6.45, 7) is 10.4. The number of hydrogen-bond acceptors (Lipinski definition) is 6. The van der Waals surface area contributed by atoms with Gasteiger partial charge in [-0.3, -0.25) is 14.4 Å². The van der Waals surface area contributed by atoms with Crippen LogP contribution in [0.1, 0.15) is 25.3 Å². The summed E-state index contributed by atoms with van der Waals surface area (Å²) in [6, 6.07) is 15.6. The summed E-state index contributed by atoms with van der Waals surface area (Å²) in [5.74, 6) is -1.25. The van der Waals surface area contributed by atoms with E-state index in [1.165, 1.54) is 0 Å². The summed E-state index contributed by atoms with van der Waals surface area (Å²) in [5.41, 5.74) is 1.64. The number of aliphatic hydroxyl groups is 1. The van der Waals surface area contributed by atoms with Crippen LogP contribution in [0, 0.1) is 11.8 Å². The van der Waals surface area contributed by atoms with Crippen molar-refractivity contribution >= 4 is 51.1 Å². The van der Waals surface area contributed by atoms with Crippen LogP contribution in [0.15, 0.2) is 79.9 Å². The molecule has 0 radical (unpaired) electrons. The fourth-order valence-corrected chi connectivity index (χ4v) is 10.8. The second-order valence-electron chi connectivity index (χ2n) is 11.6. The first kappa shape index (κ1) is 32.3. The second kappa shape index (κ2) is 13.5. The number of fused-ring (bicyclic) bond motifs is 1. The Morgan fingerprint density at radius 1 is 1.14 bits per heavy atom. The number of thioether (sulfide) groups is 1. The maximum Gasteiger partial charge on any atom is 0.251 e. The highest BCUT2D eigenvalue weighted by Gasteiger charge is 2.76. The molecule has 0 aliphatic carbocycles. The quantitative estimate of drug-likeness (QED) is 0.244. The average Bonchev–Trinajstić information content (AvgIpc) is 3.63. The highest BCUT2D eigenvalue weighted by molar-refractivity contribution is 9.09. The molecule has 10 heteroatoms. The van der Waals surface area contributed by atoms with E-state index in [9.17, 15) is 19.5 Å². The van der Waals surface area contributed by atoms with Gasteiger partial charge in [0, 0.05) is 35.4 Å². The number of alkyl halides is 1. The zero-order valence-corrected chi connectivity index (χ0v) is 27.6. The molecular weight excluding hydrogens is 642 g/mol. The number of anilines is 1. The van der Waals surface area contributed by atoms with Crippen LogP contribution >= 0.6 is 27.7 Å². The van der Waals surface area contributed by atoms with Crippen LogP contribution < -0.4 is 9.64 Å². The van der Waals surface area contributed by atoms with Gasteiger partial charge < -0.3 is 24.5 Å². The largest absolute Gasteiger partial charge is 0.497 e. The number of hydrogen-bond donors (Lipinski definition) is 1. The van der Waals surface area contributed by atoms with E-state index in [2.05, 4.69) is 29.1 Å². The molecule has 3 unspecified atom stereocenters. The monoisotopic (exact) mass is 681 g/mol. The van der Waals surface area contributed by atoms with E-state index in [-0.39, 0.29) is 41.0 Å². The van der Waals surface area contributed by atoms with Crippen molar-refractivity contribution in [1.82, 2.24) is 9.80 Å². The minimum atomic E-state index is -0.867. The predicted octanol–water partition coefficient (Wildman–Crippen LogP) is 4.66. The first-order chi connectivity index (χ1) is 21.3. The molecule has 8 nitrogen and oxygen atoms in total. The minimum absolute atomic E-state index is 0.0638. The Balaban J connectivity index is 1.57. The third-order valence-corrected chi connectivity index (χ3v) is 12.4. The van der Waals surface area contributed by atoms with Crippen LogP contribution in [0.3, 0.4) is 0 Å². The SMILES string of the molecule is C=CCN(Cc1ccccc1)C(=O)[C@H]1[C@H]2C(=O)N([C@@H](CC)CO)C(C(=O)N(CC=C)c3ccc(OC)cc3)C23CC(Br)[C@@H]1S3. The van der Waals surface area contributed by atoms with Crippen LogP contribution in [-0.4, -0.2) is 86.3 Å². The summed E-state index contributed by atoms with van der Waals surface area (Å²) in [4.78, 5) is 48.8. The summed E-state index contributed by atoms with van der Waals surface area (Å²) < 4.78 is 4.48. The van der Waals surface area contributed by atoms with Crippen LogP contribution in [-0.2, 0) is 20.9 Å². The van der Waals surface area contributed by atoms with Crippen molar-refractivity contribution in [2.45, 2.75) is 53.2 Å². The van der Waals surface area contributed by atoms with Gasteiger partial charge in [-0.25, -0.2) is 0 Å². The third kappa shape index (κ3) is 5.49. The van der Waals surface area contributed by atoms with Crippen molar-refractivity contribution in [3.05, 3.63) is 85.5 Å². The van der Waals surface area contributed by atoms with Crippen molar-refractivity contribution in [3.8, 4) is 5.75 Å². The number of amides is 3. The zero-order valence-electron chi connectivity index (χ0n) is 25.2. The molecule has 0 aromatic heterocycles. The first-order valence-electron chi connectivity index (χ1n) is 15.0. The lowest BCUT2D eigenvalue weighted by molar-refractivity contribution is -0.145. The summed E-state index contributed by atoms with van der Waals surface area (Å²) in [6.07, 6.45) is 4.40. The molecule has 1 N–H and O–H groups in total. The van der Waals surface area contributed by atoms with Gasteiger partial charge in [-0.15, -0.1) is 24.9 Å². The Hall–Kier alpha value is -3.08. The van der Waals surface area contributed by atoms with Crippen molar-refractivity contribution in [3.63, 3.8) is 0 Å². The molecule has 234 valence electrons. The Labute approximate surface area is 272 Å². The van der Waals surface area contributed by atoms with Gasteiger partial charge in [-0.05, 0) is 42.7 Å². The fraction of sp³-hybridized carbons (Fsp3) is 0.441. The number of nitrogens with zero attached hydrogens (tertiary/aromatic N) is 3. The number of likely N-dealkylation sites (tertiary alicyclic amines) is 1. The number of benzene rings is 2. The first-order valence-corrected chi connectivity index (χ1v) is 16.8. The van der Waals surface area contributed by atoms with Crippen LogP contribution in [0.2, 0.25) is 0 Å².